The zero-order valence-electron chi connectivity index (χ0n) is 41.8. The molecule has 0 heterocycles. The molecule has 0 amide bonds. The Morgan fingerprint density at radius 2 is 1.34 bits per heavy atom. The summed E-state index contributed by atoms with van der Waals surface area (Å²) >= 11 is 0. The predicted octanol–water partition coefficient (Wildman–Crippen LogP) is 15.9. The molecule has 7 heteroatoms. The van der Waals surface area contributed by atoms with Crippen molar-refractivity contribution in [3.8, 4) is 0 Å². The van der Waals surface area contributed by atoms with Gasteiger partial charge in [-0.05, 0) is 163 Å². The van der Waals surface area contributed by atoms with E-state index in [2.05, 4.69) is 145 Å². The Balaban J connectivity index is 1.84. The van der Waals surface area contributed by atoms with Gasteiger partial charge in [0.05, 0.1) is 13.2 Å². The zero-order valence-corrected chi connectivity index (χ0v) is 43.8. The van der Waals surface area contributed by atoms with E-state index >= 15 is 0 Å². The molecular weight excluding hydrogens is 785 g/mol. The van der Waals surface area contributed by atoms with E-state index in [-0.39, 0.29) is 22.1 Å². The zero-order chi connectivity index (χ0) is 45.8. The van der Waals surface area contributed by atoms with Gasteiger partial charge in [0.1, 0.15) is 6.10 Å². The lowest BCUT2D eigenvalue weighted by Crippen LogP contribution is -2.41. The molecule has 0 unspecified atom stereocenters. The first-order valence-corrected chi connectivity index (χ1v) is 29.0. The van der Waals surface area contributed by atoms with Gasteiger partial charge < -0.3 is 18.3 Å². The number of hydrogen-bond acceptors (Lipinski definition) is 5. The lowest BCUT2D eigenvalue weighted by molar-refractivity contribution is -0.173. The standard InChI is InChI=1S/C54H86O5Si2/c1-40(2)23-20-25-44(39-58-61(16,17)53(9,10)11)26-21-24-41(3)31-33-45-34-36-50(47(43(45)5)35-32-42(4)37-38-57-60(14,15)52(6,7)8)59-51(55)54(12,56-13)49-30-22-28-46-27-18-19-29-48(46)49/h18-19,22-23,26-31,37,45,50H,20-21,24-25,32-36,38-39H2,1-17H3/b41-31+,42-37+,44-26-/t45-,50+,54+/m1/s1. The first-order chi connectivity index (χ1) is 28.3. The number of fused-ring (bicyclic) bond motifs is 1. The highest BCUT2D eigenvalue weighted by Gasteiger charge is 2.42. The lowest BCUT2D eigenvalue weighted by atomic mass is 9.78. The van der Waals surface area contributed by atoms with E-state index in [1.54, 1.807) is 7.11 Å². The SMILES string of the molecule is CO[C@](C)(C(=O)O[C@H]1CC[C@@H](C/C=C(\C)CC/C=C(/CCC=C(C)C)CO[Si](C)(C)C(C)(C)C)C(C)=C1CC/C(C)=C/CO[Si](C)(C)C(C)(C)C)c1cccc2ccccc12. The van der Waals surface area contributed by atoms with Crippen LogP contribution in [-0.4, -0.2) is 49.0 Å². The van der Waals surface area contributed by atoms with Crippen LogP contribution in [0.4, 0.5) is 0 Å². The molecule has 340 valence electrons. The van der Waals surface area contributed by atoms with Gasteiger partial charge in [-0.2, -0.15) is 0 Å². The maximum absolute atomic E-state index is 14.4. The van der Waals surface area contributed by atoms with Gasteiger partial charge in [-0.3, -0.25) is 0 Å². The summed E-state index contributed by atoms with van der Waals surface area (Å²) in [6.07, 6.45) is 17.9. The molecule has 0 radical (unpaired) electrons. The molecule has 0 bridgehead atoms. The Morgan fingerprint density at radius 1 is 0.738 bits per heavy atom. The lowest BCUT2D eigenvalue weighted by Gasteiger charge is -2.36. The summed E-state index contributed by atoms with van der Waals surface area (Å²) in [6.45, 7) is 37.5. The highest BCUT2D eigenvalue weighted by Crippen LogP contribution is 2.41. The Kier molecular flexibility index (Phi) is 19.5. The topological polar surface area (TPSA) is 54.0 Å². The Bertz CT molecular complexity index is 1910. The number of benzene rings is 2. The molecule has 1 aliphatic rings. The van der Waals surface area contributed by atoms with Gasteiger partial charge >= 0.3 is 5.97 Å². The van der Waals surface area contributed by atoms with Gasteiger partial charge in [0, 0.05) is 12.7 Å². The Morgan fingerprint density at radius 3 is 1.98 bits per heavy atom. The van der Waals surface area contributed by atoms with Crippen LogP contribution in [0.1, 0.15) is 146 Å². The number of carbonyl (C=O) groups excluding carboxylic acids is 1. The number of rotatable bonds is 21. The summed E-state index contributed by atoms with van der Waals surface area (Å²) in [4.78, 5) is 14.4. The molecule has 3 atom stereocenters. The van der Waals surface area contributed by atoms with E-state index in [4.69, 9.17) is 18.3 Å². The van der Waals surface area contributed by atoms with Gasteiger partial charge in [-0.15, -0.1) is 0 Å². The molecule has 0 spiro atoms. The fourth-order valence-corrected chi connectivity index (χ4v) is 9.40. The van der Waals surface area contributed by atoms with E-state index in [1.807, 2.05) is 31.2 Å². The number of esters is 1. The summed E-state index contributed by atoms with van der Waals surface area (Å²) < 4.78 is 25.8. The molecule has 2 aromatic carbocycles. The van der Waals surface area contributed by atoms with Crippen LogP contribution in [0.15, 0.2) is 100 Å². The van der Waals surface area contributed by atoms with Crippen molar-refractivity contribution in [3.63, 3.8) is 0 Å². The smallest absolute Gasteiger partial charge is 0.343 e. The molecule has 3 rings (SSSR count). The number of hydrogen-bond donors (Lipinski definition) is 0. The first kappa shape index (κ1) is 52.5. The number of ether oxygens (including phenoxy) is 2. The van der Waals surface area contributed by atoms with Gasteiger partial charge in [-0.1, -0.05) is 131 Å². The third kappa shape index (κ3) is 15.2. The van der Waals surface area contributed by atoms with Crippen LogP contribution in [0.5, 0.6) is 0 Å². The molecule has 5 nitrogen and oxygen atoms in total. The third-order valence-corrected chi connectivity index (χ3v) is 23.3. The van der Waals surface area contributed by atoms with Crippen LogP contribution in [0.2, 0.25) is 36.3 Å². The van der Waals surface area contributed by atoms with Crippen LogP contribution < -0.4 is 0 Å². The van der Waals surface area contributed by atoms with Crippen molar-refractivity contribution in [2.75, 3.05) is 20.3 Å². The average Bonchev–Trinajstić information content (AvgIpc) is 3.17. The Hall–Kier alpha value is -2.82. The molecule has 2 aromatic rings. The minimum absolute atomic E-state index is 0.172. The van der Waals surface area contributed by atoms with E-state index < -0.39 is 22.2 Å². The van der Waals surface area contributed by atoms with Crippen LogP contribution in [0, 0.1) is 5.92 Å². The minimum atomic E-state index is -1.84. The predicted molar refractivity (Wildman–Crippen MR) is 267 cm³/mol. The first-order valence-electron chi connectivity index (χ1n) is 23.2. The molecule has 61 heavy (non-hydrogen) atoms. The van der Waals surface area contributed by atoms with E-state index in [0.717, 1.165) is 80.7 Å². The third-order valence-electron chi connectivity index (χ3n) is 14.3. The maximum atomic E-state index is 14.4. The van der Waals surface area contributed by atoms with Crippen molar-refractivity contribution in [2.45, 2.75) is 189 Å². The van der Waals surface area contributed by atoms with E-state index in [0.29, 0.717) is 12.5 Å². The van der Waals surface area contributed by atoms with Gasteiger partial charge in [0.25, 0.3) is 0 Å². The monoisotopic (exact) mass is 871 g/mol. The van der Waals surface area contributed by atoms with Crippen LogP contribution in [0.3, 0.4) is 0 Å². The summed E-state index contributed by atoms with van der Waals surface area (Å²) in [5.74, 6) is 0.0695. The van der Waals surface area contributed by atoms with Gasteiger partial charge in [0.2, 0.25) is 0 Å². The highest BCUT2D eigenvalue weighted by atomic mass is 28.4. The van der Waals surface area contributed by atoms with Crippen molar-refractivity contribution in [1.82, 2.24) is 0 Å². The van der Waals surface area contributed by atoms with Crippen LogP contribution in [0.25, 0.3) is 10.8 Å². The van der Waals surface area contributed by atoms with Crippen molar-refractivity contribution >= 4 is 33.4 Å². The van der Waals surface area contributed by atoms with Crippen molar-refractivity contribution in [1.29, 1.82) is 0 Å². The van der Waals surface area contributed by atoms with Crippen molar-refractivity contribution in [2.24, 2.45) is 5.92 Å². The average molecular weight is 871 g/mol. The maximum Gasteiger partial charge on any atom is 0.343 e. The summed E-state index contributed by atoms with van der Waals surface area (Å²) in [6, 6.07) is 14.2. The van der Waals surface area contributed by atoms with E-state index in [1.165, 1.54) is 33.4 Å². The molecule has 0 saturated carbocycles. The largest absolute Gasteiger partial charge is 0.455 e. The van der Waals surface area contributed by atoms with Crippen molar-refractivity contribution in [3.05, 3.63) is 106 Å². The van der Waals surface area contributed by atoms with E-state index in [9.17, 15) is 4.79 Å². The molecule has 0 N–H and O–H groups in total. The molecule has 0 aliphatic heterocycles. The minimum Gasteiger partial charge on any atom is -0.455 e. The second-order valence-corrected chi connectivity index (χ2v) is 30.9. The normalized spacial score (nSPS) is 18.7. The second kappa shape index (κ2) is 22.7. The molecule has 0 saturated heterocycles. The van der Waals surface area contributed by atoms with Crippen LogP contribution >= 0.6 is 0 Å². The summed E-state index contributed by atoms with van der Waals surface area (Å²) in [5, 5.41) is 2.44. The molecule has 0 aromatic heterocycles. The number of methoxy groups -OCH3 is 1. The van der Waals surface area contributed by atoms with Crippen molar-refractivity contribution < 1.29 is 23.1 Å². The summed E-state index contributed by atoms with van der Waals surface area (Å²) in [7, 11) is -2.06. The fraction of sp³-hybridized carbons (Fsp3) is 0.611. The summed E-state index contributed by atoms with van der Waals surface area (Å²) in [5.41, 5.74) is 7.74. The second-order valence-electron chi connectivity index (χ2n) is 21.3. The molecule has 0 fully saturated rings. The Labute approximate surface area is 375 Å². The fourth-order valence-electron chi connectivity index (χ4n) is 7.49. The molecule has 1 aliphatic carbocycles. The molecular formula is C54H86O5Si2. The quantitative estimate of drug-likeness (QED) is 0.0711. The van der Waals surface area contributed by atoms with Crippen LogP contribution in [-0.2, 0) is 28.7 Å². The number of carbonyl (C=O) groups is 1. The highest BCUT2D eigenvalue weighted by molar-refractivity contribution is 6.74. The number of allylic oxidation sites excluding steroid dienone is 7. The van der Waals surface area contributed by atoms with Gasteiger partial charge in [0.15, 0.2) is 22.2 Å². The van der Waals surface area contributed by atoms with Gasteiger partial charge in [-0.25, -0.2) is 4.79 Å².